The van der Waals surface area contributed by atoms with E-state index in [1.54, 1.807) is 12.0 Å². The molecule has 2 aliphatic heterocycles. The molecule has 1 aromatic carbocycles. The molecule has 2 saturated heterocycles. The van der Waals surface area contributed by atoms with E-state index in [0.717, 1.165) is 24.3 Å². The Morgan fingerprint density at radius 2 is 1.59 bits per heavy atom. The van der Waals surface area contributed by atoms with Crippen molar-refractivity contribution in [2.75, 3.05) is 30.1 Å². The van der Waals surface area contributed by atoms with E-state index in [1.807, 2.05) is 24.3 Å². The molecular formula is C20H28N2O4S. The largest absolute Gasteiger partial charge is 0.497 e. The number of hydrogen-bond donors (Lipinski definition) is 0. The second kappa shape index (κ2) is 7.43. The first kappa shape index (κ1) is 18.7. The lowest BCUT2D eigenvalue weighted by Crippen LogP contribution is -2.64. The van der Waals surface area contributed by atoms with Gasteiger partial charge in [0.05, 0.1) is 31.2 Å². The summed E-state index contributed by atoms with van der Waals surface area (Å²) in [5.74, 6) is 0.939. The van der Waals surface area contributed by atoms with Gasteiger partial charge >= 0.3 is 0 Å². The molecule has 27 heavy (non-hydrogen) atoms. The number of carbonyl (C=O) groups excluding carboxylic acids is 1. The Morgan fingerprint density at radius 3 is 2.22 bits per heavy atom. The van der Waals surface area contributed by atoms with Gasteiger partial charge in [0.15, 0.2) is 9.84 Å². The van der Waals surface area contributed by atoms with Crippen molar-refractivity contribution in [1.82, 2.24) is 4.90 Å². The minimum atomic E-state index is -3.15. The number of rotatable bonds is 3. The van der Waals surface area contributed by atoms with Crippen LogP contribution in [0, 0.1) is 0 Å². The summed E-state index contributed by atoms with van der Waals surface area (Å²) in [5.41, 5.74) is 0.758. The number of amides is 1. The molecule has 1 saturated carbocycles. The third-order valence-electron chi connectivity index (χ3n) is 6.28. The molecule has 7 heteroatoms. The molecule has 4 rings (SSSR count). The van der Waals surface area contributed by atoms with Gasteiger partial charge in [-0.1, -0.05) is 25.7 Å². The van der Waals surface area contributed by atoms with Crippen LogP contribution in [0.15, 0.2) is 24.3 Å². The average molecular weight is 393 g/mol. The van der Waals surface area contributed by atoms with Crippen LogP contribution in [-0.4, -0.2) is 62.5 Å². The molecule has 0 spiro atoms. The van der Waals surface area contributed by atoms with E-state index in [-0.39, 0.29) is 29.5 Å². The van der Waals surface area contributed by atoms with Crippen LogP contribution < -0.4 is 9.64 Å². The molecule has 0 radical (unpaired) electrons. The first-order chi connectivity index (χ1) is 13.0. The molecule has 0 bridgehead atoms. The number of hydrogen-bond acceptors (Lipinski definition) is 5. The van der Waals surface area contributed by atoms with Crippen LogP contribution in [-0.2, 0) is 14.6 Å². The lowest BCUT2D eigenvalue weighted by Gasteiger charge is -2.46. The van der Waals surface area contributed by atoms with E-state index in [0.29, 0.717) is 12.6 Å². The van der Waals surface area contributed by atoms with Crippen LogP contribution >= 0.6 is 0 Å². The van der Waals surface area contributed by atoms with E-state index in [9.17, 15) is 13.2 Å². The fourth-order valence-electron chi connectivity index (χ4n) is 4.98. The van der Waals surface area contributed by atoms with Crippen molar-refractivity contribution in [1.29, 1.82) is 0 Å². The molecule has 2 unspecified atom stereocenters. The molecule has 148 valence electrons. The Morgan fingerprint density at radius 1 is 0.963 bits per heavy atom. The molecule has 1 aliphatic carbocycles. The summed E-state index contributed by atoms with van der Waals surface area (Å²) in [6.45, 7) is 0.313. The zero-order valence-corrected chi connectivity index (χ0v) is 16.7. The molecule has 1 amide bonds. The zero-order chi connectivity index (χ0) is 19.0. The maximum absolute atomic E-state index is 13.1. The number of piperazine rings is 1. The van der Waals surface area contributed by atoms with E-state index in [1.165, 1.54) is 25.7 Å². The number of nitrogens with zero attached hydrogens (tertiary/aromatic N) is 2. The van der Waals surface area contributed by atoms with E-state index in [4.69, 9.17) is 4.74 Å². The molecule has 2 heterocycles. The molecule has 3 fully saturated rings. The first-order valence-corrected chi connectivity index (χ1v) is 11.7. The zero-order valence-electron chi connectivity index (χ0n) is 15.8. The SMILES string of the molecule is COc1ccc(N2C(=O)CN(C3CCCCCC3)C3CS(=O)(=O)CC32)cc1. The van der Waals surface area contributed by atoms with Crippen LogP contribution in [0.2, 0.25) is 0 Å². The number of benzene rings is 1. The highest BCUT2D eigenvalue weighted by molar-refractivity contribution is 7.91. The highest BCUT2D eigenvalue weighted by Crippen LogP contribution is 2.35. The summed E-state index contributed by atoms with van der Waals surface area (Å²) in [4.78, 5) is 17.0. The standard InChI is InChI=1S/C20H28N2O4S/c1-26-17-10-8-16(9-11-17)22-19-14-27(24,25)13-18(19)21(12-20(22)23)15-6-4-2-3-5-7-15/h8-11,15,18-19H,2-7,12-14H2,1H3. The summed E-state index contributed by atoms with van der Waals surface area (Å²) < 4.78 is 30.2. The summed E-state index contributed by atoms with van der Waals surface area (Å²) in [6.07, 6.45) is 6.95. The van der Waals surface area contributed by atoms with Gasteiger partial charge in [0, 0.05) is 17.8 Å². The number of fused-ring (bicyclic) bond motifs is 1. The van der Waals surface area contributed by atoms with Crippen molar-refractivity contribution < 1.29 is 17.9 Å². The highest BCUT2D eigenvalue weighted by atomic mass is 32.2. The second-order valence-corrected chi connectivity index (χ2v) is 10.1. The van der Waals surface area contributed by atoms with Gasteiger partial charge in [-0.15, -0.1) is 0 Å². The summed E-state index contributed by atoms with van der Waals surface area (Å²) in [6, 6.07) is 7.26. The number of methoxy groups -OCH3 is 1. The van der Waals surface area contributed by atoms with Crippen molar-refractivity contribution in [3.05, 3.63) is 24.3 Å². The Bertz CT molecular complexity index is 785. The molecule has 1 aromatic rings. The second-order valence-electron chi connectivity index (χ2n) is 7.99. The van der Waals surface area contributed by atoms with Gasteiger partial charge < -0.3 is 9.64 Å². The number of ether oxygens (including phenoxy) is 1. The van der Waals surface area contributed by atoms with Gasteiger partial charge in [-0.25, -0.2) is 8.42 Å². The monoisotopic (exact) mass is 392 g/mol. The molecule has 6 nitrogen and oxygen atoms in total. The fourth-order valence-corrected chi connectivity index (χ4v) is 6.94. The van der Waals surface area contributed by atoms with Crippen molar-refractivity contribution in [2.24, 2.45) is 0 Å². The summed E-state index contributed by atoms with van der Waals surface area (Å²) in [7, 11) is -1.54. The van der Waals surface area contributed by atoms with Crippen molar-refractivity contribution >= 4 is 21.4 Å². The number of carbonyl (C=O) groups is 1. The topological polar surface area (TPSA) is 66.9 Å². The first-order valence-electron chi connectivity index (χ1n) is 9.91. The number of anilines is 1. The average Bonchev–Trinajstić information content (AvgIpc) is 2.82. The molecular weight excluding hydrogens is 364 g/mol. The smallest absolute Gasteiger partial charge is 0.241 e. The minimum absolute atomic E-state index is 0.00256. The van der Waals surface area contributed by atoms with Crippen LogP contribution in [0.25, 0.3) is 0 Å². The summed E-state index contributed by atoms with van der Waals surface area (Å²) >= 11 is 0. The van der Waals surface area contributed by atoms with Crippen molar-refractivity contribution in [3.63, 3.8) is 0 Å². The Labute approximate surface area is 161 Å². The van der Waals surface area contributed by atoms with Gasteiger partial charge in [0.2, 0.25) is 5.91 Å². The molecule has 2 atom stereocenters. The maximum atomic E-state index is 13.1. The Kier molecular flexibility index (Phi) is 5.16. The van der Waals surface area contributed by atoms with Gasteiger partial charge in [-0.3, -0.25) is 9.69 Å². The molecule has 3 aliphatic rings. The highest BCUT2D eigenvalue weighted by Gasteiger charge is 2.51. The third kappa shape index (κ3) is 3.72. The third-order valence-corrected chi connectivity index (χ3v) is 7.98. The van der Waals surface area contributed by atoms with Crippen LogP contribution in [0.5, 0.6) is 5.75 Å². The fraction of sp³-hybridized carbons (Fsp3) is 0.650. The van der Waals surface area contributed by atoms with Crippen molar-refractivity contribution in [3.8, 4) is 5.75 Å². The van der Waals surface area contributed by atoms with Gasteiger partial charge in [0.1, 0.15) is 5.75 Å². The number of sulfone groups is 1. The van der Waals surface area contributed by atoms with Crippen LogP contribution in [0.3, 0.4) is 0 Å². The van der Waals surface area contributed by atoms with Gasteiger partial charge in [-0.05, 0) is 37.1 Å². The van der Waals surface area contributed by atoms with E-state index < -0.39 is 9.84 Å². The predicted octanol–water partition coefficient (Wildman–Crippen LogP) is 2.23. The summed E-state index contributed by atoms with van der Waals surface area (Å²) in [5, 5.41) is 0. The van der Waals surface area contributed by atoms with E-state index in [2.05, 4.69) is 4.90 Å². The van der Waals surface area contributed by atoms with Crippen molar-refractivity contribution in [2.45, 2.75) is 56.7 Å². The maximum Gasteiger partial charge on any atom is 0.241 e. The normalized spacial score (nSPS) is 29.4. The minimum Gasteiger partial charge on any atom is -0.497 e. The Balaban J connectivity index is 1.65. The predicted molar refractivity (Wildman–Crippen MR) is 105 cm³/mol. The molecule has 0 N–H and O–H groups in total. The van der Waals surface area contributed by atoms with Gasteiger partial charge in [0.25, 0.3) is 0 Å². The quantitative estimate of drug-likeness (QED) is 0.738. The lowest BCUT2D eigenvalue weighted by atomic mass is 9.97. The van der Waals surface area contributed by atoms with Gasteiger partial charge in [-0.2, -0.15) is 0 Å². The molecule has 0 aromatic heterocycles. The lowest BCUT2D eigenvalue weighted by molar-refractivity contribution is -0.124. The van der Waals surface area contributed by atoms with Crippen LogP contribution in [0.4, 0.5) is 5.69 Å². The Hall–Kier alpha value is -1.60. The van der Waals surface area contributed by atoms with Crippen LogP contribution in [0.1, 0.15) is 38.5 Å². The van der Waals surface area contributed by atoms with E-state index >= 15 is 0 Å².